The Bertz CT molecular complexity index is 1070. The fourth-order valence-corrected chi connectivity index (χ4v) is 5.16. The molecule has 9 heteroatoms. The van der Waals surface area contributed by atoms with Gasteiger partial charge in [-0.1, -0.05) is 24.6 Å². The van der Waals surface area contributed by atoms with Crippen LogP contribution in [0.4, 0.5) is 5.82 Å². The largest absolute Gasteiger partial charge is 0.493 e. The predicted molar refractivity (Wildman–Crippen MR) is 132 cm³/mol. The van der Waals surface area contributed by atoms with Gasteiger partial charge >= 0.3 is 0 Å². The van der Waals surface area contributed by atoms with E-state index < -0.39 is 11.9 Å². The van der Waals surface area contributed by atoms with Crippen LogP contribution in [0.15, 0.2) is 36.5 Å². The first-order valence-electron chi connectivity index (χ1n) is 12.0. The number of anilines is 1. The highest BCUT2D eigenvalue weighted by atomic mass is 35.5. The van der Waals surface area contributed by atoms with Gasteiger partial charge in [0, 0.05) is 25.2 Å². The van der Waals surface area contributed by atoms with Crippen molar-refractivity contribution in [2.45, 2.75) is 44.7 Å². The van der Waals surface area contributed by atoms with Crippen molar-refractivity contribution in [2.75, 3.05) is 44.8 Å². The lowest BCUT2D eigenvalue weighted by atomic mass is 9.90. The highest BCUT2D eigenvalue weighted by Gasteiger charge is 2.42. The van der Waals surface area contributed by atoms with Crippen LogP contribution in [0.1, 0.15) is 32.3 Å². The van der Waals surface area contributed by atoms with E-state index in [1.165, 1.54) is 0 Å². The molecule has 0 spiro atoms. The molecule has 188 valence electrons. The fourth-order valence-electron chi connectivity index (χ4n) is 5.04. The molecule has 3 aliphatic rings. The van der Waals surface area contributed by atoms with E-state index in [1.807, 2.05) is 36.9 Å². The third-order valence-corrected chi connectivity index (χ3v) is 7.22. The van der Waals surface area contributed by atoms with Crippen LogP contribution in [0.5, 0.6) is 11.5 Å². The van der Waals surface area contributed by atoms with Crippen LogP contribution in [-0.2, 0) is 14.3 Å². The number of rotatable bonds is 6. The lowest BCUT2D eigenvalue weighted by Crippen LogP contribution is -2.54. The van der Waals surface area contributed by atoms with Gasteiger partial charge in [0.2, 0.25) is 0 Å². The zero-order valence-electron chi connectivity index (χ0n) is 20.6. The first-order chi connectivity index (χ1) is 16.7. The number of nitrogens with zero attached hydrogens (tertiary/aromatic N) is 3. The molecule has 35 heavy (non-hydrogen) atoms. The number of hydrogen-bond donors (Lipinski definition) is 0. The van der Waals surface area contributed by atoms with E-state index in [2.05, 4.69) is 28.9 Å². The molecule has 0 saturated carbocycles. The Morgan fingerprint density at radius 1 is 1.14 bits per heavy atom. The van der Waals surface area contributed by atoms with Crippen molar-refractivity contribution in [1.82, 2.24) is 9.88 Å². The molecule has 0 aliphatic carbocycles. The second-order valence-corrected chi connectivity index (χ2v) is 10.5. The van der Waals surface area contributed by atoms with Gasteiger partial charge < -0.3 is 28.7 Å². The maximum Gasteiger partial charge on any atom is 0.254 e. The Hall–Kier alpha value is -2.55. The molecule has 3 aliphatic heterocycles. The molecule has 0 radical (unpaired) electrons. The minimum absolute atomic E-state index is 0.000258. The van der Waals surface area contributed by atoms with Gasteiger partial charge in [-0.2, -0.15) is 0 Å². The second-order valence-electron chi connectivity index (χ2n) is 10.0. The molecule has 1 aromatic carbocycles. The molecule has 8 nitrogen and oxygen atoms in total. The van der Waals surface area contributed by atoms with Gasteiger partial charge in [0.15, 0.2) is 23.4 Å². The van der Waals surface area contributed by atoms with Crippen molar-refractivity contribution < 1.29 is 23.7 Å². The number of methoxy groups -OCH3 is 1. The first-order valence-corrected chi connectivity index (χ1v) is 12.4. The van der Waals surface area contributed by atoms with Gasteiger partial charge in [-0.3, -0.25) is 4.79 Å². The summed E-state index contributed by atoms with van der Waals surface area (Å²) in [6.45, 7) is 8.97. The number of pyridine rings is 1. The van der Waals surface area contributed by atoms with E-state index in [4.69, 9.17) is 30.5 Å². The van der Waals surface area contributed by atoms with Gasteiger partial charge in [-0.15, -0.1) is 0 Å². The van der Waals surface area contributed by atoms with Crippen LogP contribution < -0.4 is 14.4 Å². The highest BCUT2D eigenvalue weighted by Crippen LogP contribution is 2.39. The van der Waals surface area contributed by atoms with E-state index in [-0.39, 0.29) is 17.9 Å². The molecule has 1 aromatic heterocycles. The number of likely N-dealkylation sites (tertiary alicyclic amines) is 1. The van der Waals surface area contributed by atoms with Crippen molar-refractivity contribution in [1.29, 1.82) is 0 Å². The van der Waals surface area contributed by atoms with Crippen molar-refractivity contribution in [3.8, 4) is 11.5 Å². The number of hydrogen-bond acceptors (Lipinski definition) is 7. The van der Waals surface area contributed by atoms with Crippen LogP contribution in [0.2, 0.25) is 5.02 Å². The number of benzene rings is 1. The molecule has 3 fully saturated rings. The minimum Gasteiger partial charge on any atom is -0.493 e. The first kappa shape index (κ1) is 24.2. The molecule has 2 unspecified atom stereocenters. The number of amides is 1. The summed E-state index contributed by atoms with van der Waals surface area (Å²) in [6.07, 6.45) is 1.15. The fraction of sp³-hybridized carbons (Fsp3) is 0.538. The van der Waals surface area contributed by atoms with Gasteiger partial charge in [0.05, 0.1) is 31.8 Å². The van der Waals surface area contributed by atoms with Crippen LogP contribution in [-0.4, -0.2) is 73.7 Å². The maximum absolute atomic E-state index is 13.0. The van der Waals surface area contributed by atoms with Crippen LogP contribution in [0.3, 0.4) is 0 Å². The molecular formula is C26H32ClN3O5. The Balaban J connectivity index is 1.24. The van der Waals surface area contributed by atoms with Gasteiger partial charge in [0.1, 0.15) is 11.9 Å². The summed E-state index contributed by atoms with van der Waals surface area (Å²) in [6, 6.07) is 9.85. The van der Waals surface area contributed by atoms with Gasteiger partial charge in [0.25, 0.3) is 5.91 Å². The summed E-state index contributed by atoms with van der Waals surface area (Å²) in [4.78, 5) is 21.5. The number of carbonyl (C=O) groups is 1. The number of halogens is 1. The smallest absolute Gasteiger partial charge is 0.254 e. The van der Waals surface area contributed by atoms with Crippen molar-refractivity contribution in [2.24, 2.45) is 5.92 Å². The summed E-state index contributed by atoms with van der Waals surface area (Å²) < 4.78 is 23.3. The summed E-state index contributed by atoms with van der Waals surface area (Å²) in [5.41, 5.74) is 1.14. The SMILES string of the molecule is COc1ccc(C2CN(C(=O)[C@@H]3COC(C)(C)O3)CC2C)cc1OC1CN(c2ccc(Cl)cn2)C1. The molecule has 0 bridgehead atoms. The normalized spacial score (nSPS) is 26.0. The summed E-state index contributed by atoms with van der Waals surface area (Å²) >= 11 is 5.94. The zero-order valence-corrected chi connectivity index (χ0v) is 21.3. The molecule has 5 rings (SSSR count). The molecule has 3 atom stereocenters. The van der Waals surface area contributed by atoms with Crippen molar-refractivity contribution in [3.63, 3.8) is 0 Å². The average Bonchev–Trinajstić information content (AvgIpc) is 3.38. The minimum atomic E-state index is -0.714. The lowest BCUT2D eigenvalue weighted by Gasteiger charge is -2.40. The highest BCUT2D eigenvalue weighted by molar-refractivity contribution is 6.30. The third-order valence-electron chi connectivity index (χ3n) is 7.00. The molecule has 1 amide bonds. The topological polar surface area (TPSA) is 73.4 Å². The Morgan fingerprint density at radius 2 is 1.94 bits per heavy atom. The van der Waals surface area contributed by atoms with Crippen LogP contribution >= 0.6 is 11.6 Å². The van der Waals surface area contributed by atoms with E-state index >= 15 is 0 Å². The molecule has 2 aromatic rings. The Labute approximate surface area is 211 Å². The molecule has 0 N–H and O–H groups in total. The Morgan fingerprint density at radius 3 is 2.60 bits per heavy atom. The standard InChI is InChI=1S/C26H32ClN3O5/c1-16-11-30(25(31)23-15-33-26(2,3)35-23)14-20(16)17-5-7-21(32-4)22(9-17)34-19-12-29(13-19)24-8-6-18(27)10-28-24/h5-10,16,19-20,23H,11-15H2,1-4H3/t16?,20?,23-/m0/s1. The summed E-state index contributed by atoms with van der Waals surface area (Å²) in [5, 5.41) is 0.623. The van der Waals surface area contributed by atoms with Gasteiger partial charge in [-0.25, -0.2) is 4.98 Å². The summed E-state index contributed by atoms with van der Waals surface area (Å²) in [7, 11) is 1.65. The second kappa shape index (κ2) is 9.48. The zero-order chi connectivity index (χ0) is 24.7. The van der Waals surface area contributed by atoms with E-state index in [1.54, 1.807) is 13.3 Å². The molecule has 3 saturated heterocycles. The van der Waals surface area contributed by atoms with Crippen LogP contribution in [0.25, 0.3) is 0 Å². The van der Waals surface area contributed by atoms with Crippen LogP contribution in [0, 0.1) is 5.92 Å². The maximum atomic E-state index is 13.0. The molecule has 4 heterocycles. The van der Waals surface area contributed by atoms with Crippen molar-refractivity contribution in [3.05, 3.63) is 47.1 Å². The summed E-state index contributed by atoms with van der Waals surface area (Å²) in [5.74, 6) is 2.12. The quantitative estimate of drug-likeness (QED) is 0.597. The van der Waals surface area contributed by atoms with E-state index in [0.717, 1.165) is 30.2 Å². The molecular weight excluding hydrogens is 470 g/mol. The third kappa shape index (κ3) is 5.06. The monoisotopic (exact) mass is 501 g/mol. The predicted octanol–water partition coefficient (Wildman–Crippen LogP) is 3.72. The number of ether oxygens (including phenoxy) is 4. The van der Waals surface area contributed by atoms with E-state index in [0.29, 0.717) is 36.4 Å². The Kier molecular flexibility index (Phi) is 6.55. The van der Waals surface area contributed by atoms with Gasteiger partial charge in [-0.05, 0) is 49.6 Å². The number of aromatic nitrogens is 1. The number of carbonyl (C=O) groups excluding carboxylic acids is 1. The van der Waals surface area contributed by atoms with E-state index in [9.17, 15) is 4.79 Å². The lowest BCUT2D eigenvalue weighted by molar-refractivity contribution is -0.159. The van der Waals surface area contributed by atoms with Crippen molar-refractivity contribution >= 4 is 23.3 Å². The average molecular weight is 502 g/mol.